The quantitative estimate of drug-likeness (QED) is 0.369. The van der Waals surface area contributed by atoms with Crippen LogP contribution in [0.3, 0.4) is 0 Å². The maximum absolute atomic E-state index is 12.7. The molecule has 3 heteroatoms. The number of carbonyl (C=O) groups excluding carboxylic acids is 1. The predicted molar refractivity (Wildman–Crippen MR) is 46.5 cm³/mol. The Bertz CT molecular complexity index is 376. The minimum atomic E-state index is -0.485. The number of pyridine rings is 1. The normalized spacial score (nSPS) is 8.77. The van der Waals surface area contributed by atoms with E-state index in [-0.39, 0.29) is 6.42 Å². The standard InChI is InChI=1S/C10H8FNO/c1-8-6-9(4-2-3-5-13)7-12-10(8)11/h5-7H,3H2,1H3. The molecule has 0 aromatic carbocycles. The Balaban J connectivity index is 2.87. The second-order valence-corrected chi connectivity index (χ2v) is 2.50. The molecule has 0 fully saturated rings. The number of carbonyl (C=O) groups is 1. The Morgan fingerprint density at radius 1 is 1.69 bits per heavy atom. The van der Waals surface area contributed by atoms with Crippen molar-refractivity contribution in [1.29, 1.82) is 0 Å². The van der Waals surface area contributed by atoms with Gasteiger partial charge >= 0.3 is 0 Å². The first-order chi connectivity index (χ1) is 6.24. The molecule has 0 saturated heterocycles. The number of aldehydes is 1. The van der Waals surface area contributed by atoms with Gasteiger partial charge in [-0.3, -0.25) is 0 Å². The second kappa shape index (κ2) is 4.36. The molecule has 0 unspecified atom stereocenters. The highest BCUT2D eigenvalue weighted by Gasteiger charge is 1.97. The Kier molecular flexibility index (Phi) is 3.15. The Hall–Kier alpha value is -1.69. The van der Waals surface area contributed by atoms with Crippen LogP contribution in [0.1, 0.15) is 17.5 Å². The maximum atomic E-state index is 12.7. The van der Waals surface area contributed by atoms with Gasteiger partial charge in [0.2, 0.25) is 5.95 Å². The largest absolute Gasteiger partial charge is 0.302 e. The van der Waals surface area contributed by atoms with Crippen molar-refractivity contribution in [3.05, 3.63) is 29.3 Å². The number of aromatic nitrogens is 1. The summed E-state index contributed by atoms with van der Waals surface area (Å²) in [6, 6.07) is 1.60. The summed E-state index contributed by atoms with van der Waals surface area (Å²) in [5, 5.41) is 0. The van der Waals surface area contributed by atoms with Gasteiger partial charge in [-0.05, 0) is 13.0 Å². The zero-order valence-electron chi connectivity index (χ0n) is 7.17. The average molecular weight is 177 g/mol. The van der Waals surface area contributed by atoms with Crippen LogP contribution in [0, 0.1) is 24.7 Å². The second-order valence-electron chi connectivity index (χ2n) is 2.50. The van der Waals surface area contributed by atoms with Crippen LogP contribution in [0.2, 0.25) is 0 Å². The Labute approximate surface area is 75.8 Å². The minimum Gasteiger partial charge on any atom is -0.302 e. The maximum Gasteiger partial charge on any atom is 0.215 e. The summed E-state index contributed by atoms with van der Waals surface area (Å²) < 4.78 is 12.7. The molecule has 0 N–H and O–H groups in total. The monoisotopic (exact) mass is 177 g/mol. The summed E-state index contributed by atoms with van der Waals surface area (Å²) in [7, 11) is 0. The van der Waals surface area contributed by atoms with E-state index in [1.54, 1.807) is 13.0 Å². The molecule has 1 heterocycles. The number of nitrogens with zero attached hydrogens (tertiary/aromatic N) is 1. The summed E-state index contributed by atoms with van der Waals surface area (Å²) >= 11 is 0. The van der Waals surface area contributed by atoms with Gasteiger partial charge in [-0.2, -0.15) is 4.39 Å². The van der Waals surface area contributed by atoms with E-state index in [0.717, 1.165) is 6.29 Å². The van der Waals surface area contributed by atoms with Crippen LogP contribution in [0.25, 0.3) is 0 Å². The van der Waals surface area contributed by atoms with Crippen LogP contribution in [-0.2, 0) is 4.79 Å². The fraction of sp³-hybridized carbons (Fsp3) is 0.200. The summed E-state index contributed by atoms with van der Waals surface area (Å²) in [6.45, 7) is 1.62. The van der Waals surface area contributed by atoms with Gasteiger partial charge in [-0.25, -0.2) is 4.98 Å². The van der Waals surface area contributed by atoms with E-state index in [1.165, 1.54) is 6.20 Å². The SMILES string of the molecule is Cc1cc(C#CCC=O)cnc1F. The number of aryl methyl sites for hydroxylation is 1. The van der Waals surface area contributed by atoms with Crippen molar-refractivity contribution in [3.8, 4) is 11.8 Å². The molecule has 66 valence electrons. The zero-order chi connectivity index (χ0) is 9.68. The summed E-state index contributed by atoms with van der Waals surface area (Å²) in [5.74, 6) is 4.84. The third-order valence-corrected chi connectivity index (χ3v) is 1.43. The molecule has 13 heavy (non-hydrogen) atoms. The molecule has 1 rings (SSSR count). The molecule has 0 aliphatic rings. The molecular formula is C10H8FNO. The molecule has 0 aliphatic carbocycles. The Morgan fingerprint density at radius 2 is 2.46 bits per heavy atom. The van der Waals surface area contributed by atoms with Crippen molar-refractivity contribution < 1.29 is 9.18 Å². The van der Waals surface area contributed by atoms with Gasteiger partial charge in [-0.1, -0.05) is 11.8 Å². The number of hydrogen-bond acceptors (Lipinski definition) is 2. The highest BCUT2D eigenvalue weighted by molar-refractivity contribution is 5.54. The summed E-state index contributed by atoms with van der Waals surface area (Å²) in [5.41, 5.74) is 1.08. The van der Waals surface area contributed by atoms with Crippen LogP contribution in [0.4, 0.5) is 4.39 Å². The molecule has 2 nitrogen and oxygen atoms in total. The van der Waals surface area contributed by atoms with E-state index >= 15 is 0 Å². The van der Waals surface area contributed by atoms with Gasteiger partial charge in [0.1, 0.15) is 6.29 Å². The molecule has 0 bridgehead atoms. The summed E-state index contributed by atoms with van der Waals surface area (Å²) in [4.78, 5) is 13.4. The fourth-order valence-electron chi connectivity index (χ4n) is 0.821. The van der Waals surface area contributed by atoms with E-state index in [0.29, 0.717) is 11.1 Å². The number of hydrogen-bond donors (Lipinski definition) is 0. The van der Waals surface area contributed by atoms with Crippen LogP contribution in [0.5, 0.6) is 0 Å². The molecule has 0 saturated carbocycles. The smallest absolute Gasteiger partial charge is 0.215 e. The van der Waals surface area contributed by atoms with Gasteiger partial charge in [0.25, 0.3) is 0 Å². The predicted octanol–water partition coefficient (Wildman–Crippen LogP) is 1.47. The molecule has 0 spiro atoms. The van der Waals surface area contributed by atoms with E-state index in [9.17, 15) is 9.18 Å². The molecule has 0 amide bonds. The minimum absolute atomic E-state index is 0.191. The topological polar surface area (TPSA) is 30.0 Å². The molecule has 1 aromatic rings. The zero-order valence-corrected chi connectivity index (χ0v) is 7.17. The van der Waals surface area contributed by atoms with E-state index in [2.05, 4.69) is 16.8 Å². The van der Waals surface area contributed by atoms with Crippen LogP contribution < -0.4 is 0 Å². The average Bonchev–Trinajstić information content (AvgIpc) is 2.12. The summed E-state index contributed by atoms with van der Waals surface area (Å²) in [6.07, 6.45) is 2.26. The van der Waals surface area contributed by atoms with E-state index < -0.39 is 5.95 Å². The van der Waals surface area contributed by atoms with Crippen molar-refractivity contribution >= 4 is 6.29 Å². The molecule has 1 aromatic heterocycles. The lowest BCUT2D eigenvalue weighted by Crippen LogP contribution is -1.88. The van der Waals surface area contributed by atoms with Gasteiger partial charge in [-0.15, -0.1) is 0 Å². The fourth-order valence-corrected chi connectivity index (χ4v) is 0.821. The van der Waals surface area contributed by atoms with Gasteiger partial charge in [0.15, 0.2) is 0 Å². The lowest BCUT2D eigenvalue weighted by Gasteiger charge is -1.94. The van der Waals surface area contributed by atoms with Gasteiger partial charge < -0.3 is 4.79 Å². The molecular weight excluding hydrogens is 169 g/mol. The van der Waals surface area contributed by atoms with E-state index in [4.69, 9.17) is 0 Å². The first kappa shape index (κ1) is 9.40. The Morgan fingerprint density at radius 3 is 3.08 bits per heavy atom. The molecule has 0 aliphatic heterocycles. The number of halogens is 1. The van der Waals surface area contributed by atoms with Gasteiger partial charge in [0.05, 0.1) is 6.42 Å². The van der Waals surface area contributed by atoms with Crippen molar-refractivity contribution in [2.45, 2.75) is 13.3 Å². The third-order valence-electron chi connectivity index (χ3n) is 1.43. The van der Waals surface area contributed by atoms with Gasteiger partial charge in [0, 0.05) is 17.3 Å². The van der Waals surface area contributed by atoms with Crippen molar-refractivity contribution in [1.82, 2.24) is 4.98 Å². The van der Waals surface area contributed by atoms with Crippen LogP contribution in [-0.4, -0.2) is 11.3 Å². The first-order valence-electron chi connectivity index (χ1n) is 3.78. The third kappa shape index (κ3) is 2.68. The molecule has 0 radical (unpaired) electrons. The van der Waals surface area contributed by atoms with Crippen LogP contribution >= 0.6 is 0 Å². The van der Waals surface area contributed by atoms with Crippen molar-refractivity contribution in [2.75, 3.05) is 0 Å². The van der Waals surface area contributed by atoms with Crippen molar-refractivity contribution in [3.63, 3.8) is 0 Å². The lowest BCUT2D eigenvalue weighted by atomic mass is 10.2. The lowest BCUT2D eigenvalue weighted by molar-refractivity contribution is -0.107. The van der Waals surface area contributed by atoms with Crippen molar-refractivity contribution in [2.24, 2.45) is 0 Å². The highest BCUT2D eigenvalue weighted by Crippen LogP contribution is 2.04. The molecule has 0 atom stereocenters. The van der Waals surface area contributed by atoms with Crippen LogP contribution in [0.15, 0.2) is 12.3 Å². The highest BCUT2D eigenvalue weighted by atomic mass is 19.1. The van der Waals surface area contributed by atoms with E-state index in [1.807, 2.05) is 0 Å². The first-order valence-corrected chi connectivity index (χ1v) is 3.78. The number of rotatable bonds is 1.